The van der Waals surface area contributed by atoms with Crippen molar-refractivity contribution in [1.82, 2.24) is 0 Å². The van der Waals surface area contributed by atoms with Crippen LogP contribution in [0, 0.1) is 0 Å². The van der Waals surface area contributed by atoms with Crippen LogP contribution in [0.1, 0.15) is 54.9 Å². The Hall–Kier alpha value is -0.820. The Morgan fingerprint density at radius 3 is 2.67 bits per heavy atom. The summed E-state index contributed by atoms with van der Waals surface area (Å²) in [5.41, 5.74) is 1.73. The van der Waals surface area contributed by atoms with Crippen LogP contribution in [0.15, 0.2) is 24.3 Å². The molecular formula is C13H17ClO. The molecule has 0 saturated carbocycles. The van der Waals surface area contributed by atoms with Gasteiger partial charge in [-0.2, -0.15) is 0 Å². The smallest absolute Gasteiger partial charge is 0.252 e. The van der Waals surface area contributed by atoms with Gasteiger partial charge in [-0.05, 0) is 35.6 Å². The lowest BCUT2D eigenvalue weighted by Crippen LogP contribution is -2.01. The van der Waals surface area contributed by atoms with Crippen LogP contribution in [0.25, 0.3) is 0 Å². The topological polar surface area (TPSA) is 17.1 Å². The predicted octanol–water partition coefficient (Wildman–Crippen LogP) is 4.36. The Balaban J connectivity index is 2.87. The van der Waals surface area contributed by atoms with Crippen LogP contribution in [0.5, 0.6) is 0 Å². The van der Waals surface area contributed by atoms with E-state index in [-0.39, 0.29) is 5.24 Å². The van der Waals surface area contributed by atoms with Gasteiger partial charge >= 0.3 is 0 Å². The Morgan fingerprint density at radius 1 is 1.40 bits per heavy atom. The van der Waals surface area contributed by atoms with E-state index in [1.54, 1.807) is 6.07 Å². The van der Waals surface area contributed by atoms with E-state index < -0.39 is 0 Å². The second-order valence-electron chi connectivity index (χ2n) is 3.90. The van der Waals surface area contributed by atoms with Gasteiger partial charge in [-0.15, -0.1) is 0 Å². The molecular weight excluding hydrogens is 208 g/mol. The van der Waals surface area contributed by atoms with Crippen molar-refractivity contribution >= 4 is 16.8 Å². The predicted molar refractivity (Wildman–Crippen MR) is 64.6 cm³/mol. The lowest BCUT2D eigenvalue weighted by molar-refractivity contribution is 0.108. The maximum absolute atomic E-state index is 11.2. The molecule has 82 valence electrons. The first-order valence-corrected chi connectivity index (χ1v) is 5.83. The van der Waals surface area contributed by atoms with Crippen LogP contribution in [0.3, 0.4) is 0 Å². The van der Waals surface area contributed by atoms with Crippen LogP contribution in [0.2, 0.25) is 0 Å². The summed E-state index contributed by atoms with van der Waals surface area (Å²) in [5, 5.41) is -0.353. The fraction of sp³-hybridized carbons (Fsp3) is 0.462. The summed E-state index contributed by atoms with van der Waals surface area (Å²) in [4.78, 5) is 11.2. The normalized spacial score (nSPS) is 12.5. The first kappa shape index (κ1) is 12.3. The third kappa shape index (κ3) is 3.35. The number of carbonyl (C=O) groups is 1. The largest absolute Gasteiger partial charge is 0.276 e. The minimum atomic E-state index is -0.353. The minimum absolute atomic E-state index is 0.353. The lowest BCUT2D eigenvalue weighted by Gasteiger charge is -2.13. The highest BCUT2D eigenvalue weighted by atomic mass is 35.5. The van der Waals surface area contributed by atoms with Crippen molar-refractivity contribution in [2.45, 2.75) is 39.0 Å². The monoisotopic (exact) mass is 224 g/mol. The van der Waals surface area contributed by atoms with Crippen molar-refractivity contribution in [3.8, 4) is 0 Å². The molecule has 15 heavy (non-hydrogen) atoms. The van der Waals surface area contributed by atoms with E-state index in [4.69, 9.17) is 11.6 Å². The van der Waals surface area contributed by atoms with Gasteiger partial charge in [0, 0.05) is 5.56 Å². The van der Waals surface area contributed by atoms with Gasteiger partial charge in [0.2, 0.25) is 0 Å². The molecule has 0 aliphatic rings. The summed E-state index contributed by atoms with van der Waals surface area (Å²) in [5.74, 6) is 0.406. The first-order valence-electron chi connectivity index (χ1n) is 5.45. The molecule has 0 aliphatic carbocycles. The van der Waals surface area contributed by atoms with Gasteiger partial charge in [0.1, 0.15) is 0 Å². The molecule has 1 aromatic rings. The van der Waals surface area contributed by atoms with E-state index in [1.807, 2.05) is 18.2 Å². The SMILES string of the molecule is CCCCC(C)c1ccccc1C(=O)Cl. The molecule has 0 aromatic heterocycles. The van der Waals surface area contributed by atoms with Gasteiger partial charge < -0.3 is 0 Å². The van der Waals surface area contributed by atoms with Gasteiger partial charge in [-0.25, -0.2) is 0 Å². The molecule has 0 N–H and O–H groups in total. The van der Waals surface area contributed by atoms with Crippen LogP contribution < -0.4 is 0 Å². The number of halogens is 1. The van der Waals surface area contributed by atoms with E-state index in [9.17, 15) is 4.79 Å². The van der Waals surface area contributed by atoms with E-state index in [2.05, 4.69) is 13.8 Å². The summed E-state index contributed by atoms with van der Waals surface area (Å²) in [6.07, 6.45) is 3.48. The Labute approximate surface area is 96.5 Å². The first-order chi connectivity index (χ1) is 7.16. The second-order valence-corrected chi connectivity index (χ2v) is 4.25. The highest BCUT2D eigenvalue weighted by Gasteiger charge is 2.13. The molecule has 2 heteroatoms. The summed E-state index contributed by atoms with van der Waals surface area (Å²) in [7, 11) is 0. The van der Waals surface area contributed by atoms with Gasteiger partial charge in [0.25, 0.3) is 5.24 Å². The fourth-order valence-electron chi connectivity index (χ4n) is 1.77. The van der Waals surface area contributed by atoms with E-state index in [1.165, 1.54) is 12.8 Å². The second kappa shape index (κ2) is 5.92. The number of rotatable bonds is 5. The van der Waals surface area contributed by atoms with Gasteiger partial charge in [0.15, 0.2) is 0 Å². The number of hydrogen-bond acceptors (Lipinski definition) is 1. The van der Waals surface area contributed by atoms with Crippen LogP contribution >= 0.6 is 11.6 Å². The summed E-state index contributed by atoms with van der Waals surface area (Å²) >= 11 is 5.55. The molecule has 1 unspecified atom stereocenters. The summed E-state index contributed by atoms with van der Waals surface area (Å²) < 4.78 is 0. The molecule has 0 saturated heterocycles. The molecule has 0 aliphatic heterocycles. The summed E-state index contributed by atoms with van der Waals surface area (Å²) in [6, 6.07) is 7.61. The van der Waals surface area contributed by atoms with Crippen molar-refractivity contribution in [2.24, 2.45) is 0 Å². The van der Waals surface area contributed by atoms with Crippen molar-refractivity contribution in [3.63, 3.8) is 0 Å². The van der Waals surface area contributed by atoms with Crippen LogP contribution in [0.4, 0.5) is 0 Å². The van der Waals surface area contributed by atoms with Crippen molar-refractivity contribution in [1.29, 1.82) is 0 Å². The average molecular weight is 225 g/mol. The third-order valence-electron chi connectivity index (χ3n) is 2.69. The quantitative estimate of drug-likeness (QED) is 0.680. The Morgan fingerprint density at radius 2 is 2.07 bits per heavy atom. The molecule has 1 rings (SSSR count). The van der Waals surface area contributed by atoms with Crippen molar-refractivity contribution < 1.29 is 4.79 Å². The zero-order valence-corrected chi connectivity index (χ0v) is 10.1. The standard InChI is InChI=1S/C13H17ClO/c1-3-4-7-10(2)11-8-5-6-9-12(11)13(14)15/h5-6,8-10H,3-4,7H2,1-2H3. The Kier molecular flexibility index (Phi) is 4.83. The maximum atomic E-state index is 11.2. The van der Waals surface area contributed by atoms with Gasteiger partial charge in [-0.1, -0.05) is 44.9 Å². The van der Waals surface area contributed by atoms with Crippen LogP contribution in [-0.2, 0) is 0 Å². The van der Waals surface area contributed by atoms with E-state index >= 15 is 0 Å². The number of hydrogen-bond donors (Lipinski definition) is 0. The molecule has 0 heterocycles. The minimum Gasteiger partial charge on any atom is -0.276 e. The lowest BCUT2D eigenvalue weighted by atomic mass is 9.92. The third-order valence-corrected chi connectivity index (χ3v) is 2.90. The van der Waals surface area contributed by atoms with Crippen molar-refractivity contribution in [2.75, 3.05) is 0 Å². The van der Waals surface area contributed by atoms with Gasteiger partial charge in [0.05, 0.1) is 0 Å². The molecule has 0 radical (unpaired) electrons. The highest BCUT2D eigenvalue weighted by Crippen LogP contribution is 2.25. The molecule has 1 aromatic carbocycles. The molecule has 1 nitrogen and oxygen atoms in total. The molecule has 0 amide bonds. The molecule has 0 fully saturated rings. The van der Waals surface area contributed by atoms with Crippen molar-refractivity contribution in [3.05, 3.63) is 35.4 Å². The van der Waals surface area contributed by atoms with Gasteiger partial charge in [-0.3, -0.25) is 4.79 Å². The number of carbonyl (C=O) groups excluding carboxylic acids is 1. The highest BCUT2D eigenvalue weighted by molar-refractivity contribution is 6.67. The maximum Gasteiger partial charge on any atom is 0.252 e. The fourth-order valence-corrected chi connectivity index (χ4v) is 1.94. The van der Waals surface area contributed by atoms with Crippen LogP contribution in [-0.4, -0.2) is 5.24 Å². The molecule has 1 atom stereocenters. The number of benzene rings is 1. The number of unbranched alkanes of at least 4 members (excludes halogenated alkanes) is 1. The Bertz CT molecular complexity index is 333. The summed E-state index contributed by atoms with van der Waals surface area (Å²) in [6.45, 7) is 4.32. The zero-order chi connectivity index (χ0) is 11.3. The van der Waals surface area contributed by atoms with E-state index in [0.29, 0.717) is 11.5 Å². The van der Waals surface area contributed by atoms with E-state index in [0.717, 1.165) is 12.0 Å². The average Bonchev–Trinajstić information content (AvgIpc) is 2.25. The molecule has 0 spiro atoms. The zero-order valence-electron chi connectivity index (χ0n) is 9.29. The molecule has 0 bridgehead atoms.